The minimum atomic E-state index is 0.418. The number of aromatic nitrogens is 1. The zero-order valence-electron chi connectivity index (χ0n) is 11.9. The molecule has 19 heavy (non-hydrogen) atoms. The van der Waals surface area contributed by atoms with Crippen LogP contribution in [0.2, 0.25) is 0 Å². The molecule has 0 amide bonds. The topological polar surface area (TPSA) is 28.2 Å². The molecule has 1 unspecified atom stereocenters. The van der Waals surface area contributed by atoms with Crippen LogP contribution in [0.15, 0.2) is 24.5 Å². The van der Waals surface area contributed by atoms with E-state index in [4.69, 9.17) is 0 Å². The standard InChI is InChI=1S/C16H25N3/c1-2-15-12-19(11-14-6-5-9-17-10-14)16(13-18-15)7-3-4-8-16/h5-6,9-10,15,18H,2-4,7-8,11-13H2,1H3. The van der Waals surface area contributed by atoms with Gasteiger partial charge < -0.3 is 5.32 Å². The Hall–Kier alpha value is -0.930. The smallest absolute Gasteiger partial charge is 0.0338 e. The quantitative estimate of drug-likeness (QED) is 0.904. The Morgan fingerprint density at radius 3 is 2.95 bits per heavy atom. The van der Waals surface area contributed by atoms with Gasteiger partial charge in [-0.25, -0.2) is 0 Å². The molecular formula is C16H25N3. The number of nitrogens with zero attached hydrogens (tertiary/aromatic N) is 2. The minimum Gasteiger partial charge on any atom is -0.311 e. The molecular weight excluding hydrogens is 234 g/mol. The number of pyridine rings is 1. The zero-order valence-corrected chi connectivity index (χ0v) is 11.9. The summed E-state index contributed by atoms with van der Waals surface area (Å²) < 4.78 is 0. The Labute approximate surface area is 116 Å². The van der Waals surface area contributed by atoms with Crippen molar-refractivity contribution in [2.75, 3.05) is 13.1 Å². The summed E-state index contributed by atoms with van der Waals surface area (Å²) in [6, 6.07) is 4.91. The van der Waals surface area contributed by atoms with Gasteiger partial charge in [-0.3, -0.25) is 9.88 Å². The summed E-state index contributed by atoms with van der Waals surface area (Å²) in [4.78, 5) is 7.00. The third kappa shape index (κ3) is 2.67. The summed E-state index contributed by atoms with van der Waals surface area (Å²) in [5.41, 5.74) is 1.77. The minimum absolute atomic E-state index is 0.418. The molecule has 1 saturated heterocycles. The highest BCUT2D eigenvalue weighted by molar-refractivity contribution is 5.11. The van der Waals surface area contributed by atoms with Crippen molar-refractivity contribution < 1.29 is 0 Å². The van der Waals surface area contributed by atoms with E-state index in [1.807, 2.05) is 12.4 Å². The Morgan fingerprint density at radius 2 is 2.26 bits per heavy atom. The Bertz CT molecular complexity index is 398. The van der Waals surface area contributed by atoms with E-state index in [1.165, 1.54) is 50.8 Å². The lowest BCUT2D eigenvalue weighted by Crippen LogP contribution is -2.62. The third-order valence-electron chi connectivity index (χ3n) is 4.95. The van der Waals surface area contributed by atoms with Gasteiger partial charge in [0.2, 0.25) is 0 Å². The van der Waals surface area contributed by atoms with Crippen molar-refractivity contribution in [3.05, 3.63) is 30.1 Å². The van der Waals surface area contributed by atoms with Gasteiger partial charge in [-0.15, -0.1) is 0 Å². The predicted molar refractivity (Wildman–Crippen MR) is 77.9 cm³/mol. The fraction of sp³-hybridized carbons (Fsp3) is 0.688. The normalized spacial score (nSPS) is 26.9. The monoisotopic (exact) mass is 259 g/mol. The van der Waals surface area contributed by atoms with E-state index in [1.54, 1.807) is 0 Å². The van der Waals surface area contributed by atoms with Crippen molar-refractivity contribution in [2.24, 2.45) is 0 Å². The number of rotatable bonds is 3. The lowest BCUT2D eigenvalue weighted by atomic mass is 9.90. The van der Waals surface area contributed by atoms with Crippen LogP contribution in [0, 0.1) is 0 Å². The molecule has 3 rings (SSSR count). The van der Waals surface area contributed by atoms with E-state index in [2.05, 4.69) is 34.3 Å². The van der Waals surface area contributed by atoms with Gasteiger partial charge in [0.1, 0.15) is 0 Å². The summed E-state index contributed by atoms with van der Waals surface area (Å²) in [6.07, 6.45) is 10.6. The highest BCUT2D eigenvalue weighted by Gasteiger charge is 2.42. The van der Waals surface area contributed by atoms with Crippen LogP contribution < -0.4 is 5.32 Å². The van der Waals surface area contributed by atoms with Crippen molar-refractivity contribution in [1.29, 1.82) is 0 Å². The summed E-state index contributed by atoms with van der Waals surface area (Å²) in [6.45, 7) is 5.70. The van der Waals surface area contributed by atoms with Crippen LogP contribution >= 0.6 is 0 Å². The SMILES string of the molecule is CCC1CN(Cc2cccnc2)C2(CCCC2)CN1. The fourth-order valence-corrected chi connectivity index (χ4v) is 3.71. The Balaban J connectivity index is 1.77. The van der Waals surface area contributed by atoms with Crippen molar-refractivity contribution in [2.45, 2.75) is 57.2 Å². The van der Waals surface area contributed by atoms with E-state index in [9.17, 15) is 0 Å². The molecule has 1 saturated carbocycles. The number of nitrogens with one attached hydrogen (secondary N) is 1. The third-order valence-corrected chi connectivity index (χ3v) is 4.95. The van der Waals surface area contributed by atoms with Gasteiger partial charge in [0.05, 0.1) is 0 Å². The molecule has 1 aromatic heterocycles. The molecule has 1 atom stereocenters. The number of hydrogen-bond donors (Lipinski definition) is 1. The van der Waals surface area contributed by atoms with Crippen LogP contribution in [0.25, 0.3) is 0 Å². The molecule has 3 heteroatoms. The van der Waals surface area contributed by atoms with E-state index in [-0.39, 0.29) is 0 Å². The second-order valence-electron chi connectivity index (χ2n) is 6.16. The molecule has 1 N–H and O–H groups in total. The van der Waals surface area contributed by atoms with Crippen LogP contribution in [0.5, 0.6) is 0 Å². The second-order valence-corrected chi connectivity index (χ2v) is 6.16. The molecule has 104 valence electrons. The van der Waals surface area contributed by atoms with Gasteiger partial charge in [-0.1, -0.05) is 25.8 Å². The molecule has 0 bridgehead atoms. The first kappa shape index (κ1) is 13.1. The lowest BCUT2D eigenvalue weighted by Gasteiger charge is -2.48. The van der Waals surface area contributed by atoms with Gasteiger partial charge in [-0.2, -0.15) is 0 Å². The maximum Gasteiger partial charge on any atom is 0.0338 e. The lowest BCUT2D eigenvalue weighted by molar-refractivity contribution is 0.0348. The molecule has 2 fully saturated rings. The molecule has 0 radical (unpaired) electrons. The van der Waals surface area contributed by atoms with Crippen LogP contribution in [0.1, 0.15) is 44.6 Å². The van der Waals surface area contributed by atoms with Gasteiger partial charge in [0.15, 0.2) is 0 Å². The van der Waals surface area contributed by atoms with E-state index < -0.39 is 0 Å². The molecule has 2 aliphatic rings. The molecule has 3 nitrogen and oxygen atoms in total. The zero-order chi connectivity index (χ0) is 13.1. The van der Waals surface area contributed by atoms with Gasteiger partial charge >= 0.3 is 0 Å². The predicted octanol–water partition coefficient (Wildman–Crippen LogP) is 2.58. The first-order valence-electron chi connectivity index (χ1n) is 7.70. The van der Waals surface area contributed by atoms with E-state index in [0.717, 1.165) is 6.54 Å². The van der Waals surface area contributed by atoms with Gasteiger partial charge in [0, 0.05) is 43.6 Å². The molecule has 1 aliphatic carbocycles. The maximum absolute atomic E-state index is 4.26. The first-order chi connectivity index (χ1) is 9.32. The first-order valence-corrected chi connectivity index (χ1v) is 7.70. The van der Waals surface area contributed by atoms with Crippen LogP contribution in [-0.4, -0.2) is 34.6 Å². The molecule has 1 spiro atoms. The van der Waals surface area contributed by atoms with Gasteiger partial charge in [0.25, 0.3) is 0 Å². The van der Waals surface area contributed by atoms with Gasteiger partial charge in [-0.05, 0) is 30.9 Å². The molecule has 1 aromatic rings. The average Bonchev–Trinajstić information content (AvgIpc) is 2.92. The largest absolute Gasteiger partial charge is 0.311 e. The Kier molecular flexibility index (Phi) is 3.85. The highest BCUT2D eigenvalue weighted by atomic mass is 15.3. The molecule has 1 aliphatic heterocycles. The summed E-state index contributed by atoms with van der Waals surface area (Å²) >= 11 is 0. The van der Waals surface area contributed by atoms with Crippen LogP contribution in [0.4, 0.5) is 0 Å². The van der Waals surface area contributed by atoms with Crippen LogP contribution in [-0.2, 0) is 6.54 Å². The van der Waals surface area contributed by atoms with Crippen molar-refractivity contribution in [3.63, 3.8) is 0 Å². The fourth-order valence-electron chi connectivity index (χ4n) is 3.71. The van der Waals surface area contributed by atoms with Crippen molar-refractivity contribution in [1.82, 2.24) is 15.2 Å². The van der Waals surface area contributed by atoms with Crippen molar-refractivity contribution >= 4 is 0 Å². The molecule has 2 heterocycles. The van der Waals surface area contributed by atoms with Crippen molar-refractivity contribution in [3.8, 4) is 0 Å². The average molecular weight is 259 g/mol. The molecule has 0 aromatic carbocycles. The number of hydrogen-bond acceptors (Lipinski definition) is 3. The summed E-state index contributed by atoms with van der Waals surface area (Å²) in [7, 11) is 0. The highest BCUT2D eigenvalue weighted by Crippen LogP contribution is 2.37. The van der Waals surface area contributed by atoms with Crippen LogP contribution in [0.3, 0.4) is 0 Å². The summed E-state index contributed by atoms with van der Waals surface area (Å²) in [5.74, 6) is 0. The maximum atomic E-state index is 4.26. The Morgan fingerprint density at radius 1 is 1.42 bits per heavy atom. The van der Waals surface area contributed by atoms with E-state index >= 15 is 0 Å². The summed E-state index contributed by atoms with van der Waals surface area (Å²) in [5, 5.41) is 3.76. The second kappa shape index (κ2) is 5.59. The number of piperazine rings is 1. The van der Waals surface area contributed by atoms with E-state index in [0.29, 0.717) is 11.6 Å².